The first-order chi connectivity index (χ1) is 28.8. The first kappa shape index (κ1) is 46.7. The summed E-state index contributed by atoms with van der Waals surface area (Å²) in [6.45, 7) is 16.9. The topological polar surface area (TPSA) is 230 Å². The second-order valence-corrected chi connectivity index (χ2v) is 21.1. The van der Waals surface area contributed by atoms with Gasteiger partial charge in [-0.05, 0) is 86.8 Å². The third kappa shape index (κ3) is 10.2. The number of methoxy groups -OCH3 is 1. The van der Waals surface area contributed by atoms with Crippen LogP contribution in [0, 0.1) is 17.3 Å². The molecule has 0 radical (unpaired) electrons. The molecule has 3 unspecified atom stereocenters. The van der Waals surface area contributed by atoms with Gasteiger partial charge in [-0.2, -0.15) is 13.1 Å². The fraction of sp³-hybridized carbons (Fsp3) is 0.548. The Morgan fingerprint density at radius 3 is 2.32 bits per heavy atom. The van der Waals surface area contributed by atoms with Crippen molar-refractivity contribution in [3.8, 4) is 5.75 Å². The zero-order chi connectivity index (χ0) is 45.6. The van der Waals surface area contributed by atoms with E-state index in [9.17, 15) is 32.7 Å². The first-order valence-corrected chi connectivity index (χ1v) is 22.7. The van der Waals surface area contributed by atoms with Crippen LogP contribution in [0.1, 0.15) is 114 Å². The first-order valence-electron chi connectivity index (χ1n) is 20.3. The van der Waals surface area contributed by atoms with E-state index in [0.717, 1.165) is 35.3 Å². The zero-order valence-corrected chi connectivity index (χ0v) is 38.2. The molecule has 5 N–H and O–H groups in total. The fourth-order valence-corrected chi connectivity index (χ4v) is 10.5. The molecule has 17 nitrogen and oxygen atoms in total. The van der Waals surface area contributed by atoms with Crippen LogP contribution < -0.4 is 24.8 Å². The molecule has 0 spiro atoms. The van der Waals surface area contributed by atoms with Crippen LogP contribution in [0.5, 0.6) is 5.75 Å². The van der Waals surface area contributed by atoms with E-state index in [1.165, 1.54) is 18.6 Å². The second kappa shape index (κ2) is 17.4. The van der Waals surface area contributed by atoms with Crippen molar-refractivity contribution in [3.63, 3.8) is 0 Å². The minimum atomic E-state index is -4.84. The lowest BCUT2D eigenvalue weighted by molar-refractivity contribution is -0.199. The van der Waals surface area contributed by atoms with Gasteiger partial charge in [-0.15, -0.1) is 11.3 Å². The number of carbonyl (C=O) groups excluding carboxylic acids is 3. The molecule has 3 aliphatic carbocycles. The smallest absolute Gasteiger partial charge is 0.482 e. The van der Waals surface area contributed by atoms with E-state index < -0.39 is 70.0 Å². The number of carbonyl (C=O) groups is 4. The molecule has 1 aliphatic heterocycles. The number of hydrogen-bond acceptors (Lipinski definition) is 13. The van der Waals surface area contributed by atoms with E-state index in [0.29, 0.717) is 11.5 Å². The van der Waals surface area contributed by atoms with Crippen molar-refractivity contribution in [2.75, 3.05) is 12.4 Å². The highest BCUT2D eigenvalue weighted by Crippen LogP contribution is 2.65. The number of hydrogen-bond donors (Lipinski definition) is 5. The molecule has 20 heteroatoms. The molecule has 3 saturated carbocycles. The van der Waals surface area contributed by atoms with E-state index in [4.69, 9.17) is 23.5 Å². The molecule has 2 aromatic carbocycles. The average Bonchev–Trinajstić information content (AvgIpc) is 3.78. The van der Waals surface area contributed by atoms with E-state index in [1.807, 2.05) is 33.8 Å². The average molecular weight is 898 g/mol. The van der Waals surface area contributed by atoms with E-state index in [-0.39, 0.29) is 52.6 Å². The maximum atomic E-state index is 14.8. The van der Waals surface area contributed by atoms with Crippen LogP contribution in [0.4, 0.5) is 14.7 Å². The van der Waals surface area contributed by atoms with Gasteiger partial charge in [0.15, 0.2) is 5.13 Å². The Bertz CT molecular complexity index is 2300. The Balaban J connectivity index is 1.36. The molecule has 4 aliphatic rings. The third-order valence-corrected chi connectivity index (χ3v) is 13.7. The highest BCUT2D eigenvalue weighted by atomic mass is 32.2. The SMILES string of the molecule is COc1c(C(=O)O)ccc(C(C)(C)C)c1CC(NC(=O)C(NS(=O)(=O)NC(=O)OC(C)(C)C)c1csc(NC(=O)OCc2ccccc2)n1)B1OC2C[C@H]3C[C@@H](C3(C)C)[C@]2(C)O1. The van der Waals surface area contributed by atoms with Gasteiger partial charge in [0.2, 0.25) is 5.91 Å². The number of carboxylic acids is 1. The predicted octanol–water partition coefficient (Wildman–Crippen LogP) is 6.29. The molecular weight excluding hydrogens is 841 g/mol. The maximum Gasteiger partial charge on any atom is 0.482 e. The summed E-state index contributed by atoms with van der Waals surface area (Å²) in [4.78, 5) is 57.1. The van der Waals surface area contributed by atoms with Crippen LogP contribution in [-0.4, -0.2) is 80.0 Å². The number of benzene rings is 2. The Morgan fingerprint density at radius 2 is 1.71 bits per heavy atom. The number of nitrogens with one attached hydrogen (secondary N) is 4. The monoisotopic (exact) mass is 897 g/mol. The zero-order valence-electron chi connectivity index (χ0n) is 36.6. The molecule has 4 fully saturated rings. The molecule has 2 heterocycles. The number of ether oxygens (including phenoxy) is 3. The van der Waals surface area contributed by atoms with Gasteiger partial charge in [-0.3, -0.25) is 10.1 Å². The maximum absolute atomic E-state index is 14.8. The fourth-order valence-electron chi connectivity index (χ4n) is 8.87. The van der Waals surface area contributed by atoms with Crippen molar-refractivity contribution >= 4 is 57.9 Å². The Kier molecular flexibility index (Phi) is 13.1. The van der Waals surface area contributed by atoms with Crippen LogP contribution in [0.15, 0.2) is 47.8 Å². The van der Waals surface area contributed by atoms with E-state index in [2.05, 4.69) is 34.2 Å². The van der Waals surface area contributed by atoms with E-state index >= 15 is 0 Å². The molecular formula is C42H56BN5O12S2. The molecule has 7 rings (SSSR count). The third-order valence-electron chi connectivity index (χ3n) is 11.9. The molecule has 3 amide bonds. The summed E-state index contributed by atoms with van der Waals surface area (Å²) in [5.74, 6) is -2.59. The van der Waals surface area contributed by atoms with Crippen LogP contribution in [-0.2, 0) is 52.2 Å². The van der Waals surface area contributed by atoms with Crippen molar-refractivity contribution in [2.24, 2.45) is 17.3 Å². The molecule has 6 atom stereocenters. The molecule has 1 aromatic heterocycles. The summed E-state index contributed by atoms with van der Waals surface area (Å²) in [7, 11) is -4.55. The Morgan fingerprint density at radius 1 is 1.02 bits per heavy atom. The van der Waals surface area contributed by atoms with Gasteiger partial charge in [-0.1, -0.05) is 71.0 Å². The number of aromatic nitrogens is 1. The summed E-state index contributed by atoms with van der Waals surface area (Å²) in [6, 6.07) is 10.4. The van der Waals surface area contributed by atoms with Gasteiger partial charge in [-0.25, -0.2) is 24.1 Å². The highest BCUT2D eigenvalue weighted by Gasteiger charge is 2.68. The van der Waals surface area contributed by atoms with Gasteiger partial charge < -0.3 is 33.9 Å². The predicted molar refractivity (Wildman–Crippen MR) is 231 cm³/mol. The Hall–Kier alpha value is -4.76. The van der Waals surface area contributed by atoms with Crippen LogP contribution >= 0.6 is 11.3 Å². The van der Waals surface area contributed by atoms with Crippen molar-refractivity contribution in [3.05, 3.63) is 75.8 Å². The molecule has 3 aromatic rings. The van der Waals surface area contributed by atoms with Gasteiger partial charge in [0, 0.05) is 10.9 Å². The van der Waals surface area contributed by atoms with Gasteiger partial charge in [0.1, 0.15) is 29.6 Å². The summed E-state index contributed by atoms with van der Waals surface area (Å²) in [6.07, 6.45) is -0.858. The molecule has 62 heavy (non-hydrogen) atoms. The Labute approximate surface area is 366 Å². The second-order valence-electron chi connectivity index (χ2n) is 18.8. The quantitative estimate of drug-likeness (QED) is 0.112. The number of aromatic carboxylic acids is 1. The lowest BCUT2D eigenvalue weighted by atomic mass is 9.43. The summed E-state index contributed by atoms with van der Waals surface area (Å²) >= 11 is 0.900. The number of amides is 3. The highest BCUT2D eigenvalue weighted by molar-refractivity contribution is 7.88. The van der Waals surface area contributed by atoms with Crippen molar-refractivity contribution in [1.29, 1.82) is 0 Å². The lowest BCUT2D eigenvalue weighted by Crippen LogP contribution is -2.65. The van der Waals surface area contributed by atoms with Crippen molar-refractivity contribution in [1.82, 2.24) is 19.7 Å². The number of anilines is 1. The van der Waals surface area contributed by atoms with Crippen LogP contribution in [0.25, 0.3) is 0 Å². The van der Waals surface area contributed by atoms with Crippen LogP contribution in [0.2, 0.25) is 0 Å². The van der Waals surface area contributed by atoms with Gasteiger partial charge in [0.25, 0.3) is 0 Å². The standard InChI is InChI=1S/C42H56BN5O12S2/c1-39(2,3)27-17-16-25(35(50)51)33(56-10)26(27)20-31(43-59-30-19-24-18-29(41(24,7)8)42(30,9)60-43)45-34(49)32(47-62(54,55)48-38(53)58-40(4,5)6)28-22-61-36(44-28)46-37(52)57-21-23-14-12-11-13-15-23/h11-17,22,24,29-32,47H,18-21H2,1-10H3,(H,45,49)(H,48,53)(H,50,51)(H,44,46,52)/t24-,29+,30?,31?,32?,42+/m1/s1. The van der Waals surface area contributed by atoms with E-state index in [1.54, 1.807) is 55.8 Å². The number of carboxylic acid groups (broad SMARTS) is 1. The molecule has 2 bridgehead atoms. The minimum Gasteiger partial charge on any atom is -0.496 e. The molecule has 336 valence electrons. The number of nitrogens with zero attached hydrogens (tertiary/aromatic N) is 1. The number of thiazole rings is 1. The summed E-state index contributed by atoms with van der Waals surface area (Å²) < 4.78 is 60.9. The van der Waals surface area contributed by atoms with Gasteiger partial charge >= 0.3 is 35.5 Å². The van der Waals surface area contributed by atoms with Gasteiger partial charge in [0.05, 0.1) is 30.4 Å². The minimum absolute atomic E-state index is 0.0159. The van der Waals surface area contributed by atoms with Crippen LogP contribution in [0.3, 0.4) is 0 Å². The number of rotatable bonds is 14. The normalized spacial score (nSPS) is 22.6. The lowest BCUT2D eigenvalue weighted by Gasteiger charge is -2.64. The van der Waals surface area contributed by atoms with Crippen molar-refractivity contribution in [2.45, 2.75) is 123 Å². The summed E-state index contributed by atoms with van der Waals surface area (Å²) in [5, 5.41) is 17.0. The molecule has 1 saturated heterocycles. The largest absolute Gasteiger partial charge is 0.496 e. The van der Waals surface area contributed by atoms with Crippen molar-refractivity contribution < 1.29 is 56.2 Å². The summed E-state index contributed by atoms with van der Waals surface area (Å²) in [5.41, 5.74) is -0.622.